The summed E-state index contributed by atoms with van der Waals surface area (Å²) in [6, 6.07) is 3.78. The summed E-state index contributed by atoms with van der Waals surface area (Å²) in [5, 5.41) is 11.8. The van der Waals surface area contributed by atoms with Crippen LogP contribution in [-0.4, -0.2) is 35.1 Å². The number of nitrogens with one attached hydrogen (secondary N) is 1. The number of carboxylic acids is 1. The van der Waals surface area contributed by atoms with Gasteiger partial charge in [0, 0.05) is 18.8 Å². The summed E-state index contributed by atoms with van der Waals surface area (Å²) in [5.41, 5.74) is 1.16. The molecule has 6 heteroatoms. The van der Waals surface area contributed by atoms with Crippen molar-refractivity contribution in [3.8, 4) is 0 Å². The van der Waals surface area contributed by atoms with Crippen molar-refractivity contribution in [3.63, 3.8) is 0 Å². The Labute approximate surface area is 122 Å². The van der Waals surface area contributed by atoms with Crippen LogP contribution in [0.1, 0.15) is 18.9 Å². The number of piperidine rings is 1. The highest BCUT2D eigenvalue weighted by Crippen LogP contribution is 2.23. The van der Waals surface area contributed by atoms with Gasteiger partial charge >= 0.3 is 12.0 Å². The largest absolute Gasteiger partial charge is 0.481 e. The van der Waals surface area contributed by atoms with E-state index in [1.165, 1.54) is 23.1 Å². The summed E-state index contributed by atoms with van der Waals surface area (Å²) < 4.78 is 13.0. The third-order valence-electron chi connectivity index (χ3n) is 3.73. The van der Waals surface area contributed by atoms with Crippen molar-refractivity contribution in [3.05, 3.63) is 29.6 Å². The van der Waals surface area contributed by atoms with Crippen molar-refractivity contribution in [1.29, 1.82) is 0 Å². The van der Waals surface area contributed by atoms with Gasteiger partial charge in [0.25, 0.3) is 0 Å². The topological polar surface area (TPSA) is 69.6 Å². The highest BCUT2D eigenvalue weighted by Gasteiger charge is 2.31. The SMILES string of the molecule is Cc1cc(F)ccc1NC(=O)N1CC(C)CC(C(=O)O)C1. The smallest absolute Gasteiger partial charge is 0.321 e. The number of amides is 2. The maximum Gasteiger partial charge on any atom is 0.321 e. The van der Waals surface area contributed by atoms with E-state index in [4.69, 9.17) is 5.11 Å². The zero-order valence-corrected chi connectivity index (χ0v) is 12.1. The van der Waals surface area contributed by atoms with Crippen molar-refractivity contribution in [2.45, 2.75) is 20.3 Å². The molecule has 1 heterocycles. The van der Waals surface area contributed by atoms with Crippen LogP contribution in [0.4, 0.5) is 14.9 Å². The summed E-state index contributed by atoms with van der Waals surface area (Å²) in [7, 11) is 0. The minimum Gasteiger partial charge on any atom is -0.481 e. The Morgan fingerprint density at radius 1 is 1.38 bits per heavy atom. The molecule has 114 valence electrons. The fourth-order valence-electron chi connectivity index (χ4n) is 2.66. The van der Waals surface area contributed by atoms with Crippen molar-refractivity contribution < 1.29 is 19.1 Å². The number of hydrogen-bond acceptors (Lipinski definition) is 2. The predicted octanol–water partition coefficient (Wildman–Crippen LogP) is 2.71. The van der Waals surface area contributed by atoms with Gasteiger partial charge in [-0.05, 0) is 43.0 Å². The van der Waals surface area contributed by atoms with Gasteiger partial charge in [-0.2, -0.15) is 0 Å². The zero-order valence-electron chi connectivity index (χ0n) is 12.1. The Kier molecular flexibility index (Phi) is 4.45. The Hall–Kier alpha value is -2.11. The molecule has 2 unspecified atom stereocenters. The van der Waals surface area contributed by atoms with Crippen molar-refractivity contribution in [2.24, 2.45) is 11.8 Å². The average molecular weight is 294 g/mol. The number of carbonyl (C=O) groups is 2. The molecule has 2 rings (SSSR count). The Bertz CT molecular complexity index is 562. The lowest BCUT2D eigenvalue weighted by Crippen LogP contribution is -2.47. The van der Waals surface area contributed by atoms with Gasteiger partial charge in [0.15, 0.2) is 0 Å². The van der Waals surface area contributed by atoms with Gasteiger partial charge in [-0.1, -0.05) is 6.92 Å². The molecule has 21 heavy (non-hydrogen) atoms. The van der Waals surface area contributed by atoms with Gasteiger partial charge in [0.2, 0.25) is 0 Å². The average Bonchev–Trinajstić information content (AvgIpc) is 2.41. The predicted molar refractivity (Wildman–Crippen MR) is 76.6 cm³/mol. The molecule has 1 aromatic carbocycles. The van der Waals surface area contributed by atoms with Crippen molar-refractivity contribution in [2.75, 3.05) is 18.4 Å². The van der Waals surface area contributed by atoms with Gasteiger partial charge in [-0.3, -0.25) is 4.79 Å². The molecule has 0 radical (unpaired) electrons. The number of anilines is 1. The number of hydrogen-bond donors (Lipinski definition) is 2. The molecule has 1 saturated heterocycles. The summed E-state index contributed by atoms with van der Waals surface area (Å²) in [6.07, 6.45) is 0.578. The molecule has 1 fully saturated rings. The Balaban J connectivity index is 2.07. The van der Waals surface area contributed by atoms with Crippen LogP contribution in [0.2, 0.25) is 0 Å². The lowest BCUT2D eigenvalue weighted by molar-refractivity contribution is -0.143. The van der Waals surface area contributed by atoms with E-state index >= 15 is 0 Å². The number of benzene rings is 1. The van der Waals surface area contributed by atoms with E-state index in [9.17, 15) is 14.0 Å². The number of likely N-dealkylation sites (tertiary alicyclic amines) is 1. The number of rotatable bonds is 2. The number of aliphatic carboxylic acids is 1. The number of urea groups is 1. The lowest BCUT2D eigenvalue weighted by Gasteiger charge is -2.34. The summed E-state index contributed by atoms with van der Waals surface area (Å²) in [6.45, 7) is 4.36. The first-order valence-corrected chi connectivity index (χ1v) is 6.91. The molecule has 1 aliphatic heterocycles. The van der Waals surface area contributed by atoms with Gasteiger partial charge in [0.1, 0.15) is 5.82 Å². The number of carbonyl (C=O) groups excluding carboxylic acids is 1. The summed E-state index contributed by atoms with van der Waals surface area (Å²) in [4.78, 5) is 24.9. The van der Waals surface area contributed by atoms with E-state index in [1.54, 1.807) is 6.92 Å². The lowest BCUT2D eigenvalue weighted by atomic mass is 9.91. The first kappa shape index (κ1) is 15.3. The Morgan fingerprint density at radius 3 is 2.71 bits per heavy atom. The number of halogens is 1. The van der Waals surface area contributed by atoms with Gasteiger partial charge < -0.3 is 15.3 Å². The fourth-order valence-corrected chi connectivity index (χ4v) is 2.66. The molecule has 0 aromatic heterocycles. The minimum absolute atomic E-state index is 0.139. The first-order valence-electron chi connectivity index (χ1n) is 6.91. The van der Waals surface area contributed by atoms with E-state index < -0.39 is 11.9 Å². The third kappa shape index (κ3) is 3.71. The molecule has 0 saturated carbocycles. The highest BCUT2D eigenvalue weighted by atomic mass is 19.1. The van der Waals surface area contributed by atoms with Gasteiger partial charge in [0.05, 0.1) is 5.92 Å². The van der Waals surface area contributed by atoms with Crippen molar-refractivity contribution in [1.82, 2.24) is 4.90 Å². The minimum atomic E-state index is -0.877. The van der Waals surface area contributed by atoms with Gasteiger partial charge in [-0.15, -0.1) is 0 Å². The summed E-state index contributed by atoms with van der Waals surface area (Å²) in [5.74, 6) is -1.63. The maximum absolute atomic E-state index is 13.0. The van der Waals surface area contributed by atoms with E-state index in [-0.39, 0.29) is 24.3 Å². The van der Waals surface area contributed by atoms with Crippen LogP contribution in [0.15, 0.2) is 18.2 Å². The van der Waals surface area contributed by atoms with Crippen molar-refractivity contribution >= 4 is 17.7 Å². The molecule has 2 atom stereocenters. The Morgan fingerprint density at radius 2 is 2.10 bits per heavy atom. The van der Waals surface area contributed by atoms with E-state index in [2.05, 4.69) is 5.32 Å². The molecule has 0 spiro atoms. The number of aryl methyl sites for hydroxylation is 1. The molecule has 2 amide bonds. The molecular weight excluding hydrogens is 275 g/mol. The summed E-state index contributed by atoms with van der Waals surface area (Å²) >= 11 is 0. The van der Waals surface area contributed by atoms with Crippen LogP contribution in [0.5, 0.6) is 0 Å². The monoisotopic (exact) mass is 294 g/mol. The number of carboxylic acid groups (broad SMARTS) is 1. The van der Waals surface area contributed by atoms with E-state index in [1.807, 2.05) is 6.92 Å². The number of nitrogens with zero attached hydrogens (tertiary/aromatic N) is 1. The van der Waals surface area contributed by atoms with Crippen LogP contribution < -0.4 is 5.32 Å². The fraction of sp³-hybridized carbons (Fsp3) is 0.467. The second-order valence-electron chi connectivity index (χ2n) is 5.67. The molecular formula is C15H19FN2O3. The standard InChI is InChI=1S/C15H19FN2O3/c1-9-5-11(14(19)20)8-18(7-9)15(21)17-13-4-3-12(16)6-10(13)2/h3-4,6,9,11H,5,7-8H2,1-2H3,(H,17,21)(H,19,20). The molecule has 1 aliphatic rings. The molecule has 0 aliphatic carbocycles. The third-order valence-corrected chi connectivity index (χ3v) is 3.73. The van der Waals surface area contributed by atoms with Crippen LogP contribution in [-0.2, 0) is 4.79 Å². The molecule has 0 bridgehead atoms. The maximum atomic E-state index is 13.0. The van der Waals surface area contributed by atoms with E-state index in [0.717, 1.165) is 0 Å². The second-order valence-corrected chi connectivity index (χ2v) is 5.67. The highest BCUT2D eigenvalue weighted by molar-refractivity contribution is 5.90. The second kappa shape index (κ2) is 6.11. The molecule has 5 nitrogen and oxygen atoms in total. The normalized spacial score (nSPS) is 22.0. The van der Waals surface area contributed by atoms with Gasteiger partial charge in [-0.25, -0.2) is 9.18 Å². The van der Waals surface area contributed by atoms with E-state index in [0.29, 0.717) is 24.2 Å². The molecule has 2 N–H and O–H groups in total. The van der Waals surface area contributed by atoms with Crippen LogP contribution in [0.25, 0.3) is 0 Å². The zero-order chi connectivity index (χ0) is 15.6. The van der Waals surface area contributed by atoms with Crippen LogP contribution in [0, 0.1) is 24.6 Å². The molecule has 1 aromatic rings. The first-order chi connectivity index (χ1) is 9.86. The van der Waals surface area contributed by atoms with Crippen LogP contribution >= 0.6 is 0 Å². The van der Waals surface area contributed by atoms with Crippen LogP contribution in [0.3, 0.4) is 0 Å². The quantitative estimate of drug-likeness (QED) is 0.881.